The van der Waals surface area contributed by atoms with Gasteiger partial charge in [0.15, 0.2) is 0 Å². The first-order valence-corrected chi connectivity index (χ1v) is 6.98. The minimum atomic E-state index is -4.29. The van der Waals surface area contributed by atoms with E-state index < -0.39 is 32.5 Å². The number of hydrogen-bond acceptors (Lipinski definition) is 7. The van der Waals surface area contributed by atoms with Gasteiger partial charge in [-0.1, -0.05) is 5.04 Å². The lowest BCUT2D eigenvalue weighted by atomic mass is 9.88. The maximum Gasteiger partial charge on any atom is 0.306 e. The van der Waals surface area contributed by atoms with Gasteiger partial charge >= 0.3 is 5.97 Å². The first-order valence-electron chi connectivity index (χ1n) is 4.67. The lowest BCUT2D eigenvalue weighted by Gasteiger charge is -2.29. The molecule has 3 atom stereocenters. The molecule has 3 N–H and O–H groups in total. The lowest BCUT2D eigenvalue weighted by molar-refractivity contribution is -0.432. The summed E-state index contributed by atoms with van der Waals surface area (Å²) in [6.45, 7) is 0. The number of carboxylic acid groups (broad SMARTS) is 1. The Morgan fingerprint density at radius 3 is 2.41 bits per heavy atom. The zero-order valence-electron chi connectivity index (χ0n) is 8.55. The van der Waals surface area contributed by atoms with Crippen molar-refractivity contribution in [1.29, 1.82) is 0 Å². The van der Waals surface area contributed by atoms with Gasteiger partial charge in [0.2, 0.25) is 0 Å². The highest BCUT2D eigenvalue weighted by molar-refractivity contribution is 7.95. The fourth-order valence-electron chi connectivity index (χ4n) is 1.81. The van der Waals surface area contributed by atoms with Gasteiger partial charge in [0.25, 0.3) is 10.1 Å². The van der Waals surface area contributed by atoms with Crippen LogP contribution in [0.3, 0.4) is 0 Å². The van der Waals surface area contributed by atoms with Crippen LogP contribution in [0.5, 0.6) is 0 Å². The molecule has 0 aromatic carbocycles. The molecule has 0 bridgehead atoms. The number of carboxylic acids is 1. The van der Waals surface area contributed by atoms with E-state index in [1.807, 2.05) is 0 Å². The highest BCUT2D eigenvalue weighted by Gasteiger charge is 2.39. The van der Waals surface area contributed by atoms with E-state index in [9.17, 15) is 13.2 Å². The van der Waals surface area contributed by atoms with Crippen LogP contribution in [0.15, 0.2) is 0 Å². The van der Waals surface area contributed by atoms with E-state index >= 15 is 0 Å². The summed E-state index contributed by atoms with van der Waals surface area (Å²) >= 11 is 0.627. The second-order valence-corrected chi connectivity index (χ2v) is 6.43. The predicted octanol–water partition coefficient (Wildman–Crippen LogP) is 0.566. The molecule has 1 aliphatic rings. The number of hydrogen-bond donors (Lipinski definition) is 3. The molecule has 17 heavy (non-hydrogen) atoms. The molecule has 0 aliphatic heterocycles. The third-order valence-corrected chi connectivity index (χ3v) is 4.62. The van der Waals surface area contributed by atoms with Crippen molar-refractivity contribution in [1.82, 2.24) is 0 Å². The summed E-state index contributed by atoms with van der Waals surface area (Å²) in [4.78, 5) is 10.8. The molecule has 10 heteroatoms. The molecule has 3 unspecified atom stereocenters. The second-order valence-electron chi connectivity index (χ2n) is 3.74. The van der Waals surface area contributed by atoms with Crippen molar-refractivity contribution in [3.05, 3.63) is 0 Å². The molecule has 0 amide bonds. The molecule has 8 nitrogen and oxygen atoms in total. The van der Waals surface area contributed by atoms with E-state index in [1.54, 1.807) is 0 Å². The molecular formula is C7H12O8S2. The van der Waals surface area contributed by atoms with Crippen LogP contribution in [-0.2, 0) is 24.3 Å². The molecule has 0 aromatic heterocycles. The minimum Gasteiger partial charge on any atom is -0.481 e. The standard InChI is InChI=1S/C7H12O8S2/c8-7(9)4-1-5(16-15-14-10)3-6(2-4)17(11,12)13/h4-6,10H,1-3H2,(H,8,9)(H,11,12,13). The molecule has 1 fully saturated rings. The van der Waals surface area contributed by atoms with E-state index in [-0.39, 0.29) is 19.3 Å². The van der Waals surface area contributed by atoms with E-state index in [4.69, 9.17) is 14.9 Å². The number of carbonyl (C=O) groups is 1. The van der Waals surface area contributed by atoms with Gasteiger partial charge in [-0.05, 0) is 19.3 Å². The molecule has 0 heterocycles. The van der Waals surface area contributed by atoms with Gasteiger partial charge in [-0.3, -0.25) is 9.35 Å². The Morgan fingerprint density at radius 1 is 1.29 bits per heavy atom. The predicted molar refractivity (Wildman–Crippen MR) is 56.5 cm³/mol. The van der Waals surface area contributed by atoms with E-state index in [1.165, 1.54) is 0 Å². The van der Waals surface area contributed by atoms with Crippen LogP contribution < -0.4 is 0 Å². The van der Waals surface area contributed by atoms with Crippen molar-refractivity contribution in [2.24, 2.45) is 5.92 Å². The van der Waals surface area contributed by atoms with Crippen LogP contribution in [0, 0.1) is 5.92 Å². The quantitative estimate of drug-likeness (QED) is 0.287. The van der Waals surface area contributed by atoms with Crippen LogP contribution in [0.4, 0.5) is 0 Å². The number of aliphatic carboxylic acids is 1. The monoisotopic (exact) mass is 288 g/mol. The van der Waals surface area contributed by atoms with Crippen LogP contribution >= 0.6 is 12.0 Å². The maximum atomic E-state index is 11.0. The zero-order chi connectivity index (χ0) is 13.1. The normalized spacial score (nSPS) is 30.1. The second kappa shape index (κ2) is 5.98. The summed E-state index contributed by atoms with van der Waals surface area (Å²) in [6, 6.07) is 0. The zero-order valence-corrected chi connectivity index (χ0v) is 10.2. The van der Waals surface area contributed by atoms with Gasteiger partial charge < -0.3 is 5.11 Å². The Hall–Kier alpha value is -0.390. The smallest absolute Gasteiger partial charge is 0.306 e. The Balaban J connectivity index is 2.72. The average molecular weight is 288 g/mol. The third kappa shape index (κ3) is 4.41. The Bertz CT molecular complexity index is 366. The van der Waals surface area contributed by atoms with Crippen molar-refractivity contribution < 1.29 is 37.5 Å². The SMILES string of the molecule is O=C(O)C1CC(SOOO)CC(S(=O)(=O)O)C1. The molecule has 100 valence electrons. The molecule has 0 radical (unpaired) electrons. The highest BCUT2D eigenvalue weighted by atomic mass is 32.2. The van der Waals surface area contributed by atoms with Crippen molar-refractivity contribution in [2.75, 3.05) is 0 Å². The van der Waals surface area contributed by atoms with E-state index in [0.717, 1.165) is 0 Å². The maximum absolute atomic E-state index is 11.0. The van der Waals surface area contributed by atoms with Crippen molar-refractivity contribution in [3.63, 3.8) is 0 Å². The molecule has 1 aliphatic carbocycles. The summed E-state index contributed by atoms with van der Waals surface area (Å²) in [5.74, 6) is -2.01. The van der Waals surface area contributed by atoms with Crippen LogP contribution in [0.25, 0.3) is 0 Å². The summed E-state index contributed by atoms with van der Waals surface area (Å²) in [5.41, 5.74) is 0. The molecule has 0 spiro atoms. The molecule has 0 saturated heterocycles. The first-order chi connectivity index (χ1) is 7.84. The van der Waals surface area contributed by atoms with Crippen LogP contribution in [-0.4, -0.2) is 39.8 Å². The van der Waals surface area contributed by atoms with Crippen molar-refractivity contribution in [2.45, 2.75) is 29.8 Å². The Morgan fingerprint density at radius 2 is 1.94 bits per heavy atom. The molecule has 1 rings (SSSR count). The molecule has 1 saturated carbocycles. The fourth-order valence-corrected chi connectivity index (χ4v) is 3.65. The van der Waals surface area contributed by atoms with Gasteiger partial charge in [-0.15, -0.1) is 4.33 Å². The Kier molecular flexibility index (Phi) is 5.16. The Labute approximate surface area is 102 Å². The topological polar surface area (TPSA) is 130 Å². The summed E-state index contributed by atoms with van der Waals surface area (Å²) in [7, 11) is -4.29. The van der Waals surface area contributed by atoms with Crippen molar-refractivity contribution in [3.8, 4) is 0 Å². The summed E-state index contributed by atoms with van der Waals surface area (Å²) in [6.07, 6.45) is 0.0806. The fraction of sp³-hybridized carbons (Fsp3) is 0.857. The van der Waals surface area contributed by atoms with Gasteiger partial charge in [-0.25, -0.2) is 5.26 Å². The highest BCUT2D eigenvalue weighted by Crippen LogP contribution is 2.35. The van der Waals surface area contributed by atoms with Crippen molar-refractivity contribution >= 4 is 28.1 Å². The lowest BCUT2D eigenvalue weighted by Crippen LogP contribution is -2.36. The van der Waals surface area contributed by atoms with E-state index in [0.29, 0.717) is 12.0 Å². The largest absolute Gasteiger partial charge is 0.481 e. The van der Waals surface area contributed by atoms with Gasteiger partial charge in [-0.2, -0.15) is 8.42 Å². The van der Waals surface area contributed by atoms with Gasteiger partial charge in [0.1, 0.15) is 0 Å². The minimum absolute atomic E-state index is 0.0383. The van der Waals surface area contributed by atoms with Gasteiger partial charge in [0.05, 0.1) is 11.2 Å². The van der Waals surface area contributed by atoms with Crippen LogP contribution in [0.1, 0.15) is 19.3 Å². The number of rotatable bonds is 5. The average Bonchev–Trinajstić information content (AvgIpc) is 2.24. The molecule has 0 aromatic rings. The first kappa shape index (κ1) is 14.7. The third-order valence-electron chi connectivity index (χ3n) is 2.60. The van der Waals surface area contributed by atoms with E-state index in [2.05, 4.69) is 9.37 Å². The summed E-state index contributed by atoms with van der Waals surface area (Å²) in [5, 5.41) is 18.6. The van der Waals surface area contributed by atoms with Crippen LogP contribution in [0.2, 0.25) is 0 Å². The van der Waals surface area contributed by atoms with Gasteiger partial charge in [0, 0.05) is 17.3 Å². The molecular weight excluding hydrogens is 276 g/mol. The summed E-state index contributed by atoms with van der Waals surface area (Å²) < 4.78 is 35.1.